The van der Waals surface area contributed by atoms with Crippen LogP contribution in [0.5, 0.6) is 0 Å². The summed E-state index contributed by atoms with van der Waals surface area (Å²) in [5.74, 6) is -8.18. The normalized spacial score (nSPS) is 12.8. The maximum atomic E-state index is 13.3. The van der Waals surface area contributed by atoms with Crippen LogP contribution in [0, 0.1) is 6.92 Å². The molecule has 0 amide bonds. The Morgan fingerprint density at radius 3 is 2.00 bits per heavy atom. The highest BCUT2D eigenvalue weighted by Crippen LogP contribution is 2.42. The van der Waals surface area contributed by atoms with Crippen LogP contribution in [0.3, 0.4) is 0 Å². The van der Waals surface area contributed by atoms with Gasteiger partial charge in [0.1, 0.15) is 0 Å². The average molecular weight is 247 g/mol. The lowest BCUT2D eigenvalue weighted by molar-refractivity contribution is -0.204. The molecule has 17 heavy (non-hydrogen) atoms. The Morgan fingerprint density at radius 2 is 1.59 bits per heavy atom. The highest BCUT2D eigenvalue weighted by molar-refractivity contribution is 5.27. The van der Waals surface area contributed by atoms with E-state index < -0.39 is 17.4 Å². The highest BCUT2D eigenvalue weighted by atomic mass is 19.3. The number of alkyl halides is 4. The molecule has 0 aromatic heterocycles. The summed E-state index contributed by atoms with van der Waals surface area (Å²) in [7, 11) is 0. The fraction of sp³-hybridized carbons (Fsp3) is 0.462. The Balaban J connectivity index is 2.87. The van der Waals surface area contributed by atoms with Gasteiger partial charge in [-0.1, -0.05) is 37.6 Å². The highest BCUT2D eigenvalue weighted by Gasteiger charge is 2.53. The molecular formula is C13H15F4. The molecule has 0 N–H and O–H groups in total. The van der Waals surface area contributed by atoms with E-state index in [9.17, 15) is 17.6 Å². The van der Waals surface area contributed by atoms with E-state index in [-0.39, 0.29) is 6.92 Å². The lowest BCUT2D eigenvalue weighted by atomic mass is 10.00. The Bertz CT molecular complexity index is 349. The van der Waals surface area contributed by atoms with Crippen molar-refractivity contribution < 1.29 is 17.6 Å². The SMILES string of the molecule is [CH2]CCCc1ccc(C(F)(F)C(C)(F)F)cc1. The van der Waals surface area contributed by atoms with Crippen LogP contribution in [0.4, 0.5) is 17.6 Å². The molecule has 0 bridgehead atoms. The zero-order valence-corrected chi connectivity index (χ0v) is 9.65. The minimum atomic E-state index is -4.13. The minimum Gasteiger partial charge on any atom is -0.200 e. The van der Waals surface area contributed by atoms with Gasteiger partial charge in [0.2, 0.25) is 0 Å². The van der Waals surface area contributed by atoms with Gasteiger partial charge in [0.05, 0.1) is 0 Å². The summed E-state index contributed by atoms with van der Waals surface area (Å²) in [4.78, 5) is 0. The Kier molecular flexibility index (Phi) is 4.17. The van der Waals surface area contributed by atoms with Crippen LogP contribution in [0.1, 0.15) is 30.9 Å². The molecule has 0 heterocycles. The van der Waals surface area contributed by atoms with Crippen molar-refractivity contribution in [3.05, 3.63) is 42.3 Å². The third kappa shape index (κ3) is 3.20. The predicted octanol–water partition coefficient (Wildman–Crippen LogP) is 4.59. The summed E-state index contributed by atoms with van der Waals surface area (Å²) in [6.07, 6.45) is 2.32. The summed E-state index contributed by atoms with van der Waals surface area (Å²) < 4.78 is 52.0. The van der Waals surface area contributed by atoms with Gasteiger partial charge in [-0.25, -0.2) is 0 Å². The van der Waals surface area contributed by atoms with Crippen LogP contribution in [0.25, 0.3) is 0 Å². The molecular weight excluding hydrogens is 232 g/mol. The van der Waals surface area contributed by atoms with Crippen molar-refractivity contribution in [3.63, 3.8) is 0 Å². The predicted molar refractivity (Wildman–Crippen MR) is 59.3 cm³/mol. The molecule has 0 saturated carbocycles. The topological polar surface area (TPSA) is 0 Å². The van der Waals surface area contributed by atoms with Gasteiger partial charge in [-0.15, -0.1) is 0 Å². The Morgan fingerprint density at radius 1 is 1.06 bits per heavy atom. The first-order valence-corrected chi connectivity index (χ1v) is 5.43. The molecule has 0 saturated heterocycles. The van der Waals surface area contributed by atoms with Crippen molar-refractivity contribution in [2.45, 2.75) is 38.0 Å². The summed E-state index contributed by atoms with van der Waals surface area (Å²) in [5, 5.41) is 0. The first-order chi connectivity index (χ1) is 7.79. The average Bonchev–Trinajstić information content (AvgIpc) is 2.25. The summed E-state index contributed by atoms with van der Waals surface area (Å²) in [6.45, 7) is 3.90. The van der Waals surface area contributed by atoms with Gasteiger partial charge in [0.25, 0.3) is 0 Å². The van der Waals surface area contributed by atoms with Crippen molar-refractivity contribution in [2.24, 2.45) is 0 Å². The van der Waals surface area contributed by atoms with E-state index in [1.165, 1.54) is 12.1 Å². The van der Waals surface area contributed by atoms with Crippen LogP contribution < -0.4 is 0 Å². The number of unbranched alkanes of at least 4 members (excludes halogenated alkanes) is 1. The van der Waals surface area contributed by atoms with Crippen molar-refractivity contribution >= 4 is 0 Å². The molecule has 4 heteroatoms. The van der Waals surface area contributed by atoms with E-state index in [2.05, 4.69) is 6.92 Å². The van der Waals surface area contributed by atoms with E-state index in [0.717, 1.165) is 37.0 Å². The van der Waals surface area contributed by atoms with Crippen LogP contribution in [-0.4, -0.2) is 5.92 Å². The molecule has 1 radical (unpaired) electrons. The molecule has 1 rings (SSSR count). The van der Waals surface area contributed by atoms with E-state index in [1.807, 2.05) is 0 Å². The Labute approximate surface area is 98.6 Å². The molecule has 0 unspecified atom stereocenters. The van der Waals surface area contributed by atoms with E-state index in [4.69, 9.17) is 0 Å². The molecule has 0 atom stereocenters. The second kappa shape index (κ2) is 5.07. The summed E-state index contributed by atoms with van der Waals surface area (Å²) >= 11 is 0. The fourth-order valence-electron chi connectivity index (χ4n) is 1.46. The third-order valence-electron chi connectivity index (χ3n) is 2.58. The molecule has 0 spiro atoms. The molecule has 1 aromatic rings. The van der Waals surface area contributed by atoms with E-state index >= 15 is 0 Å². The molecule has 95 valence electrons. The number of halogens is 4. The number of rotatable bonds is 5. The van der Waals surface area contributed by atoms with Gasteiger partial charge in [-0.2, -0.15) is 17.6 Å². The molecule has 0 fully saturated rings. The van der Waals surface area contributed by atoms with Crippen molar-refractivity contribution in [1.29, 1.82) is 0 Å². The first kappa shape index (κ1) is 14.0. The van der Waals surface area contributed by atoms with Crippen LogP contribution >= 0.6 is 0 Å². The van der Waals surface area contributed by atoms with Gasteiger partial charge < -0.3 is 0 Å². The van der Waals surface area contributed by atoms with Crippen LogP contribution in [0.2, 0.25) is 0 Å². The monoisotopic (exact) mass is 247 g/mol. The largest absolute Gasteiger partial charge is 0.335 e. The molecule has 1 aromatic carbocycles. The van der Waals surface area contributed by atoms with Crippen LogP contribution in [-0.2, 0) is 12.3 Å². The van der Waals surface area contributed by atoms with Crippen molar-refractivity contribution in [2.75, 3.05) is 0 Å². The second-order valence-electron chi connectivity index (χ2n) is 4.12. The van der Waals surface area contributed by atoms with Crippen molar-refractivity contribution in [3.8, 4) is 0 Å². The standard InChI is InChI=1S/C13H15F4/c1-3-4-5-10-6-8-11(9-7-10)13(16,17)12(2,14)15/h6-9H,1,3-5H2,2H3. The molecule has 0 nitrogen and oxygen atoms in total. The molecule has 0 aliphatic heterocycles. The number of benzene rings is 1. The number of hydrogen-bond donors (Lipinski definition) is 0. The van der Waals surface area contributed by atoms with Gasteiger partial charge in [-0.3, -0.25) is 0 Å². The quantitative estimate of drug-likeness (QED) is 0.667. The lowest BCUT2D eigenvalue weighted by Crippen LogP contribution is -2.34. The number of aryl methyl sites for hydroxylation is 1. The first-order valence-electron chi connectivity index (χ1n) is 5.43. The summed E-state index contributed by atoms with van der Waals surface area (Å²) in [6, 6.07) is 5.06. The molecule has 0 aliphatic carbocycles. The van der Waals surface area contributed by atoms with Crippen molar-refractivity contribution in [1.82, 2.24) is 0 Å². The summed E-state index contributed by atoms with van der Waals surface area (Å²) in [5.41, 5.74) is 0.205. The van der Waals surface area contributed by atoms with E-state index in [1.54, 1.807) is 0 Å². The van der Waals surface area contributed by atoms with Gasteiger partial charge in [-0.05, 0) is 18.4 Å². The smallest absolute Gasteiger partial charge is 0.200 e. The number of hydrogen-bond acceptors (Lipinski definition) is 0. The third-order valence-corrected chi connectivity index (χ3v) is 2.58. The van der Waals surface area contributed by atoms with Gasteiger partial charge in [0, 0.05) is 12.5 Å². The molecule has 0 aliphatic rings. The zero-order chi connectivity index (χ0) is 13.1. The minimum absolute atomic E-state index is 0.226. The maximum Gasteiger partial charge on any atom is 0.335 e. The Hall–Kier alpha value is -1.06. The second-order valence-corrected chi connectivity index (χ2v) is 4.12. The lowest BCUT2D eigenvalue weighted by Gasteiger charge is -2.23. The van der Waals surface area contributed by atoms with Gasteiger partial charge in [0.15, 0.2) is 0 Å². The zero-order valence-electron chi connectivity index (χ0n) is 9.65. The fourth-order valence-corrected chi connectivity index (χ4v) is 1.46. The van der Waals surface area contributed by atoms with E-state index in [0.29, 0.717) is 0 Å². The maximum absolute atomic E-state index is 13.3. The van der Waals surface area contributed by atoms with Gasteiger partial charge >= 0.3 is 11.8 Å². The van der Waals surface area contributed by atoms with Crippen LogP contribution in [0.15, 0.2) is 24.3 Å².